The third-order valence-corrected chi connectivity index (χ3v) is 4.32. The second-order valence-electron chi connectivity index (χ2n) is 5.91. The lowest BCUT2D eigenvalue weighted by Crippen LogP contribution is -2.51. The van der Waals surface area contributed by atoms with E-state index in [1.54, 1.807) is 7.11 Å². The molecule has 1 heterocycles. The van der Waals surface area contributed by atoms with Gasteiger partial charge in [-0.3, -0.25) is 4.90 Å². The molecule has 0 radical (unpaired) electrons. The molecule has 1 aliphatic heterocycles. The highest BCUT2D eigenvalue weighted by Crippen LogP contribution is 2.18. The van der Waals surface area contributed by atoms with Crippen molar-refractivity contribution in [3.05, 3.63) is 29.8 Å². The van der Waals surface area contributed by atoms with Gasteiger partial charge in [-0.1, -0.05) is 12.1 Å². The Morgan fingerprint density at radius 1 is 1.33 bits per heavy atom. The summed E-state index contributed by atoms with van der Waals surface area (Å²) in [5, 5.41) is 3.63. The van der Waals surface area contributed by atoms with E-state index in [4.69, 9.17) is 9.47 Å². The van der Waals surface area contributed by atoms with Crippen molar-refractivity contribution in [2.45, 2.75) is 38.9 Å². The number of ether oxygens (including phenoxy) is 2. The number of nitrogens with one attached hydrogen (secondary N) is 1. The van der Waals surface area contributed by atoms with Crippen LogP contribution in [0.1, 0.15) is 32.4 Å². The monoisotopic (exact) mass is 292 g/mol. The summed E-state index contributed by atoms with van der Waals surface area (Å²) in [6.45, 7) is 10.4. The molecule has 0 amide bonds. The maximum Gasteiger partial charge on any atom is 0.118 e. The Balaban J connectivity index is 1.83. The molecule has 3 atom stereocenters. The standard InChI is InChI=1S/C17H28N2O2/c1-13(19-9-10-21-12-14(19)2)11-18-15(3)16-5-7-17(20-4)8-6-16/h5-8,13-15,18H,9-12H2,1-4H3/t13-,14-,15-/m0/s1. The first-order valence-corrected chi connectivity index (χ1v) is 7.82. The second kappa shape index (κ2) is 7.78. The number of morpholine rings is 1. The number of rotatable bonds is 6. The molecular formula is C17H28N2O2. The van der Waals surface area contributed by atoms with E-state index in [1.807, 2.05) is 12.1 Å². The second-order valence-corrected chi connectivity index (χ2v) is 5.91. The molecule has 1 fully saturated rings. The molecule has 118 valence electrons. The molecule has 0 spiro atoms. The van der Waals surface area contributed by atoms with Gasteiger partial charge in [-0.2, -0.15) is 0 Å². The number of nitrogens with zero attached hydrogens (tertiary/aromatic N) is 1. The lowest BCUT2D eigenvalue weighted by Gasteiger charge is -2.38. The summed E-state index contributed by atoms with van der Waals surface area (Å²) in [4.78, 5) is 2.53. The Morgan fingerprint density at radius 3 is 2.67 bits per heavy atom. The molecule has 1 aromatic rings. The molecular weight excluding hydrogens is 264 g/mol. The van der Waals surface area contributed by atoms with E-state index in [9.17, 15) is 0 Å². The normalized spacial score (nSPS) is 22.8. The van der Waals surface area contributed by atoms with Crippen LogP contribution < -0.4 is 10.1 Å². The largest absolute Gasteiger partial charge is 0.497 e. The van der Waals surface area contributed by atoms with Crippen LogP contribution >= 0.6 is 0 Å². The molecule has 0 unspecified atom stereocenters. The minimum Gasteiger partial charge on any atom is -0.497 e. The van der Waals surface area contributed by atoms with E-state index in [0.29, 0.717) is 18.1 Å². The van der Waals surface area contributed by atoms with Crippen molar-refractivity contribution >= 4 is 0 Å². The molecule has 1 aliphatic rings. The van der Waals surface area contributed by atoms with Crippen LogP contribution in [0.15, 0.2) is 24.3 Å². The van der Waals surface area contributed by atoms with E-state index < -0.39 is 0 Å². The van der Waals surface area contributed by atoms with Crippen LogP contribution in [0.5, 0.6) is 5.75 Å². The lowest BCUT2D eigenvalue weighted by atomic mass is 10.1. The van der Waals surface area contributed by atoms with Crippen LogP contribution in [0.4, 0.5) is 0 Å². The quantitative estimate of drug-likeness (QED) is 0.873. The van der Waals surface area contributed by atoms with Crippen LogP contribution in [0.3, 0.4) is 0 Å². The highest BCUT2D eigenvalue weighted by atomic mass is 16.5. The Hall–Kier alpha value is -1.10. The smallest absolute Gasteiger partial charge is 0.118 e. The molecule has 0 aromatic heterocycles. The maximum atomic E-state index is 5.50. The van der Waals surface area contributed by atoms with Crippen LogP contribution in [0, 0.1) is 0 Å². The fourth-order valence-electron chi connectivity index (χ4n) is 2.87. The predicted molar refractivity (Wildman–Crippen MR) is 85.9 cm³/mol. The van der Waals surface area contributed by atoms with E-state index in [0.717, 1.165) is 32.1 Å². The van der Waals surface area contributed by atoms with E-state index >= 15 is 0 Å². The lowest BCUT2D eigenvalue weighted by molar-refractivity contribution is -0.0184. The summed E-state index contributed by atoms with van der Waals surface area (Å²) in [6, 6.07) is 9.64. The summed E-state index contributed by atoms with van der Waals surface area (Å²) in [5.74, 6) is 0.904. The van der Waals surface area contributed by atoms with Gasteiger partial charge in [0.05, 0.1) is 20.3 Å². The SMILES string of the molecule is COc1ccc([C@H](C)NC[C@H](C)N2CCOC[C@@H]2C)cc1. The van der Waals surface area contributed by atoms with Crippen molar-refractivity contribution in [2.24, 2.45) is 0 Å². The predicted octanol–water partition coefficient (Wildman–Crippen LogP) is 2.46. The molecule has 0 bridgehead atoms. The van der Waals surface area contributed by atoms with E-state index in [1.165, 1.54) is 5.56 Å². The fraction of sp³-hybridized carbons (Fsp3) is 0.647. The highest BCUT2D eigenvalue weighted by Gasteiger charge is 2.23. The number of benzene rings is 1. The Labute approximate surface area is 128 Å². The van der Waals surface area contributed by atoms with Crippen molar-refractivity contribution in [3.8, 4) is 5.75 Å². The molecule has 21 heavy (non-hydrogen) atoms. The minimum atomic E-state index is 0.342. The number of methoxy groups -OCH3 is 1. The van der Waals surface area contributed by atoms with Gasteiger partial charge in [-0.15, -0.1) is 0 Å². The first-order chi connectivity index (χ1) is 10.1. The average molecular weight is 292 g/mol. The summed E-state index contributed by atoms with van der Waals surface area (Å²) < 4.78 is 10.7. The van der Waals surface area contributed by atoms with Gasteiger partial charge in [0, 0.05) is 31.2 Å². The summed E-state index contributed by atoms with van der Waals surface area (Å²) in [5.41, 5.74) is 1.29. The van der Waals surface area contributed by atoms with Gasteiger partial charge in [0.15, 0.2) is 0 Å². The van der Waals surface area contributed by atoms with Gasteiger partial charge in [-0.05, 0) is 38.5 Å². The Bertz CT molecular complexity index is 421. The highest BCUT2D eigenvalue weighted by molar-refractivity contribution is 5.28. The van der Waals surface area contributed by atoms with Gasteiger partial charge in [0.25, 0.3) is 0 Å². The van der Waals surface area contributed by atoms with E-state index in [-0.39, 0.29) is 0 Å². The molecule has 0 aliphatic carbocycles. The van der Waals surface area contributed by atoms with Crippen molar-refractivity contribution in [1.82, 2.24) is 10.2 Å². The zero-order valence-electron chi connectivity index (χ0n) is 13.6. The van der Waals surface area contributed by atoms with Crippen molar-refractivity contribution in [3.63, 3.8) is 0 Å². The summed E-state index contributed by atoms with van der Waals surface area (Å²) in [7, 11) is 1.70. The van der Waals surface area contributed by atoms with Gasteiger partial charge < -0.3 is 14.8 Å². The Morgan fingerprint density at radius 2 is 2.05 bits per heavy atom. The first-order valence-electron chi connectivity index (χ1n) is 7.82. The fourth-order valence-corrected chi connectivity index (χ4v) is 2.87. The molecule has 2 rings (SSSR count). The number of hydrogen-bond donors (Lipinski definition) is 1. The average Bonchev–Trinajstić information content (AvgIpc) is 2.52. The van der Waals surface area contributed by atoms with Gasteiger partial charge in [-0.25, -0.2) is 0 Å². The summed E-state index contributed by atoms with van der Waals surface area (Å²) >= 11 is 0. The molecule has 0 saturated carbocycles. The topological polar surface area (TPSA) is 33.7 Å². The molecule has 4 heteroatoms. The van der Waals surface area contributed by atoms with Crippen LogP contribution in [-0.4, -0.2) is 50.4 Å². The van der Waals surface area contributed by atoms with Crippen molar-refractivity contribution in [1.29, 1.82) is 0 Å². The van der Waals surface area contributed by atoms with Crippen LogP contribution in [0.25, 0.3) is 0 Å². The Kier molecular flexibility index (Phi) is 6.03. The molecule has 1 N–H and O–H groups in total. The molecule has 4 nitrogen and oxygen atoms in total. The van der Waals surface area contributed by atoms with Gasteiger partial charge >= 0.3 is 0 Å². The first kappa shape index (κ1) is 16.3. The maximum absolute atomic E-state index is 5.50. The zero-order chi connectivity index (χ0) is 15.2. The van der Waals surface area contributed by atoms with Crippen molar-refractivity contribution < 1.29 is 9.47 Å². The molecule has 1 saturated heterocycles. The number of hydrogen-bond acceptors (Lipinski definition) is 4. The van der Waals surface area contributed by atoms with Crippen molar-refractivity contribution in [2.75, 3.05) is 33.4 Å². The minimum absolute atomic E-state index is 0.342. The molecule has 1 aromatic carbocycles. The third-order valence-electron chi connectivity index (χ3n) is 4.32. The third kappa shape index (κ3) is 4.43. The van der Waals surface area contributed by atoms with Crippen LogP contribution in [-0.2, 0) is 4.74 Å². The van der Waals surface area contributed by atoms with Crippen LogP contribution in [0.2, 0.25) is 0 Å². The van der Waals surface area contributed by atoms with Gasteiger partial charge in [0.1, 0.15) is 5.75 Å². The van der Waals surface area contributed by atoms with E-state index in [2.05, 4.69) is 43.1 Å². The van der Waals surface area contributed by atoms with Gasteiger partial charge in [0.2, 0.25) is 0 Å². The zero-order valence-corrected chi connectivity index (χ0v) is 13.6. The summed E-state index contributed by atoms with van der Waals surface area (Å²) in [6.07, 6.45) is 0.